The van der Waals surface area contributed by atoms with Gasteiger partial charge in [0.1, 0.15) is 12.3 Å². The van der Waals surface area contributed by atoms with Gasteiger partial charge in [-0.2, -0.15) is 0 Å². The highest BCUT2D eigenvalue weighted by Gasteiger charge is 2.48. The fourth-order valence-corrected chi connectivity index (χ4v) is 13.5. The number of nitrogens with zero attached hydrogens (tertiary/aromatic N) is 6. The number of carbonyl (C=O) groups excluding carboxylic acids is 2. The maximum atomic E-state index is 13.5. The van der Waals surface area contributed by atoms with E-state index in [1.165, 1.54) is 33.0 Å². The number of rotatable bonds is 2. The van der Waals surface area contributed by atoms with Gasteiger partial charge < -0.3 is 29.5 Å². The van der Waals surface area contributed by atoms with Crippen molar-refractivity contribution in [1.82, 2.24) is 19.2 Å². The summed E-state index contributed by atoms with van der Waals surface area (Å²) in [5.74, 6) is -1.77. The van der Waals surface area contributed by atoms with Gasteiger partial charge in [-0.1, -0.05) is 96.1 Å². The first-order chi connectivity index (χ1) is 35.1. The number of carbonyl (C=O) groups is 2. The molecule has 6 aliphatic rings. The molecule has 0 spiro atoms. The maximum Gasteiger partial charge on any atom is 0.278 e. The van der Waals surface area contributed by atoms with Gasteiger partial charge in [-0.15, -0.1) is 22.7 Å². The molecule has 2 fully saturated rings. The molecule has 4 aromatic carbocycles. The van der Waals surface area contributed by atoms with E-state index in [4.69, 9.17) is 9.47 Å². The van der Waals surface area contributed by atoms with Crippen molar-refractivity contribution in [2.24, 2.45) is 0 Å². The van der Waals surface area contributed by atoms with Crippen LogP contribution in [0.3, 0.4) is 0 Å². The highest BCUT2D eigenvalue weighted by atomic mass is 32.1. The van der Waals surface area contributed by atoms with Crippen LogP contribution in [0.15, 0.2) is 142 Å². The number of benzene rings is 4. The van der Waals surface area contributed by atoms with Crippen molar-refractivity contribution in [3.8, 4) is 54.6 Å². The van der Waals surface area contributed by atoms with Crippen molar-refractivity contribution >= 4 is 34.5 Å². The van der Waals surface area contributed by atoms with Crippen LogP contribution in [0.1, 0.15) is 66.4 Å². The van der Waals surface area contributed by atoms with Crippen molar-refractivity contribution in [1.29, 1.82) is 0 Å². The van der Waals surface area contributed by atoms with Gasteiger partial charge >= 0.3 is 0 Å². The van der Waals surface area contributed by atoms with Crippen molar-refractivity contribution in [3.63, 3.8) is 0 Å². The summed E-state index contributed by atoms with van der Waals surface area (Å²) in [4.78, 5) is 57.7. The first kappa shape index (κ1) is 44.2. The Morgan fingerprint density at radius 3 is 1.36 bits per heavy atom. The summed E-state index contributed by atoms with van der Waals surface area (Å²) in [7, 11) is 0. The minimum atomic E-state index is -0.569. The first-order valence-electron chi connectivity index (χ1n) is 23.9. The Kier molecular flexibility index (Phi) is 10.4. The largest absolute Gasteiger partial charge is 0.502 e. The van der Waals surface area contributed by atoms with Gasteiger partial charge in [-0.3, -0.25) is 38.5 Å². The van der Waals surface area contributed by atoms with Gasteiger partial charge in [0, 0.05) is 58.5 Å². The van der Waals surface area contributed by atoms with Gasteiger partial charge in [-0.05, 0) is 81.2 Å². The second-order valence-corrected chi connectivity index (χ2v) is 20.6. The second kappa shape index (κ2) is 16.9. The predicted octanol–water partition coefficient (Wildman–Crippen LogP) is 8.22. The fourth-order valence-electron chi connectivity index (χ4n) is 11.6. The van der Waals surface area contributed by atoms with Crippen LogP contribution in [0.4, 0.5) is 0 Å². The predicted molar refractivity (Wildman–Crippen MR) is 276 cm³/mol. The minimum Gasteiger partial charge on any atom is -0.502 e. The highest BCUT2D eigenvalue weighted by Crippen LogP contribution is 2.52. The molecule has 0 bridgehead atoms. The molecule has 16 heteroatoms. The SMILES string of the molecule is Cc1ccc2c(c1)-c1ccsc1-c1ccccc1[C@@H]2N1[C@@H]2COCCN2C(=O)c2c(O)c(=O)ccn21.Cc1ccc2c(c1)-c1ccsc1-c1ccccc1[C@H]2N1[C@@H]2COCCN2C(=O)c2c(O)c(=O)ccn21. The summed E-state index contributed by atoms with van der Waals surface area (Å²) >= 11 is 3.43. The van der Waals surface area contributed by atoms with Gasteiger partial charge in [0.15, 0.2) is 22.9 Å². The summed E-state index contributed by atoms with van der Waals surface area (Å²) in [5, 5.41) is 30.0. The number of hydrogen-bond donors (Lipinski definition) is 2. The summed E-state index contributed by atoms with van der Waals surface area (Å²) in [6.07, 6.45) is 2.37. The number of ether oxygens (including phenoxy) is 2. The molecular formula is C56H46N6O8S2. The molecule has 4 aliphatic heterocycles. The normalized spacial score (nSPS) is 20.1. The Hall–Kier alpha value is -7.76. The summed E-state index contributed by atoms with van der Waals surface area (Å²) in [6, 6.07) is 36.0. The number of amides is 2. The smallest absolute Gasteiger partial charge is 0.278 e. The van der Waals surface area contributed by atoms with Crippen molar-refractivity contribution in [3.05, 3.63) is 198 Å². The van der Waals surface area contributed by atoms with Crippen LogP contribution in [-0.4, -0.2) is 93.0 Å². The van der Waals surface area contributed by atoms with Gasteiger partial charge in [0.2, 0.25) is 10.9 Å². The summed E-state index contributed by atoms with van der Waals surface area (Å²) < 4.78 is 15.1. The molecule has 14 nitrogen and oxygen atoms in total. The van der Waals surface area contributed by atoms with Gasteiger partial charge in [-0.25, -0.2) is 0 Å². The molecule has 72 heavy (non-hydrogen) atoms. The lowest BCUT2D eigenvalue weighted by Gasteiger charge is -2.51. The standard InChI is InChI=1S/2C28H23N3O4S/c2*1-16-6-7-18-21(14-16)20-9-13-36-27(20)19-5-3-2-4-17(19)24(18)31-23-15-35-12-11-29(23)28(34)25-26(33)22(32)8-10-30(25)31/h2*2-10,13-14,23-24,33H,11-12,15H2,1H3/t23-,24+;23-,24-/m11/s1. The molecule has 2 N–H and O–H groups in total. The molecule has 0 saturated carbocycles. The van der Waals surface area contributed by atoms with Crippen LogP contribution in [0.25, 0.3) is 43.1 Å². The Morgan fingerprint density at radius 2 is 0.917 bits per heavy atom. The molecule has 2 aliphatic carbocycles. The van der Waals surface area contributed by atoms with Crippen LogP contribution in [0.2, 0.25) is 0 Å². The van der Waals surface area contributed by atoms with E-state index in [2.05, 4.69) is 107 Å². The van der Waals surface area contributed by atoms with Crippen molar-refractivity contribution in [2.45, 2.75) is 38.3 Å². The lowest BCUT2D eigenvalue weighted by atomic mass is 9.91. The van der Waals surface area contributed by atoms with E-state index in [-0.39, 0.29) is 35.3 Å². The van der Waals surface area contributed by atoms with Crippen LogP contribution in [-0.2, 0) is 9.47 Å². The minimum absolute atomic E-state index is 0.00851. The van der Waals surface area contributed by atoms with Crippen LogP contribution in [0, 0.1) is 13.8 Å². The van der Waals surface area contributed by atoms with E-state index < -0.39 is 34.7 Å². The Balaban J connectivity index is 0.000000140. The number of fused-ring (bicyclic) bond motifs is 14. The van der Waals surface area contributed by atoms with E-state index in [0.29, 0.717) is 39.5 Å². The van der Waals surface area contributed by atoms with E-state index >= 15 is 0 Å². The monoisotopic (exact) mass is 994 g/mol. The number of thiophene rings is 2. The summed E-state index contributed by atoms with van der Waals surface area (Å²) in [5.41, 5.74) is 12.4. The quantitative estimate of drug-likeness (QED) is 0.174. The Bertz CT molecular complexity index is 3450. The van der Waals surface area contributed by atoms with Crippen LogP contribution < -0.4 is 20.9 Å². The highest BCUT2D eigenvalue weighted by molar-refractivity contribution is 7.14. The molecule has 14 rings (SSSR count). The lowest BCUT2D eigenvalue weighted by molar-refractivity contribution is -0.0197. The number of aromatic hydroxyl groups is 2. The maximum absolute atomic E-state index is 13.5. The topological polar surface area (TPSA) is 150 Å². The van der Waals surface area contributed by atoms with E-state index in [1.54, 1.807) is 54.2 Å². The zero-order valence-electron chi connectivity index (χ0n) is 39.1. The molecule has 4 aromatic heterocycles. The van der Waals surface area contributed by atoms with E-state index in [0.717, 1.165) is 55.6 Å². The molecule has 360 valence electrons. The second-order valence-electron chi connectivity index (χ2n) is 18.8. The number of pyridine rings is 2. The number of morpholine rings is 2. The van der Waals surface area contributed by atoms with Crippen LogP contribution >= 0.6 is 22.7 Å². The Morgan fingerprint density at radius 1 is 0.500 bits per heavy atom. The van der Waals surface area contributed by atoms with Gasteiger partial charge in [0.25, 0.3) is 11.8 Å². The third kappa shape index (κ3) is 6.59. The molecule has 8 heterocycles. The molecule has 4 atom stereocenters. The van der Waals surface area contributed by atoms with Gasteiger partial charge in [0.05, 0.1) is 38.5 Å². The third-order valence-corrected chi connectivity index (χ3v) is 16.7. The van der Waals surface area contributed by atoms with E-state index in [1.807, 2.05) is 24.3 Å². The van der Waals surface area contributed by atoms with Crippen molar-refractivity contribution < 1.29 is 29.3 Å². The number of aryl methyl sites for hydroxylation is 2. The van der Waals surface area contributed by atoms with Crippen LogP contribution in [0.5, 0.6) is 11.5 Å². The molecule has 0 radical (unpaired) electrons. The average Bonchev–Trinajstić information content (AvgIpc) is 4.06. The molecular weight excluding hydrogens is 949 g/mol. The summed E-state index contributed by atoms with van der Waals surface area (Å²) in [6.45, 7) is 6.39. The average molecular weight is 995 g/mol. The number of aromatic nitrogens is 2. The molecule has 2 amide bonds. The zero-order valence-corrected chi connectivity index (χ0v) is 40.7. The molecule has 0 unspecified atom stereocenters. The number of hydrogen-bond acceptors (Lipinski definition) is 12. The molecule has 2 saturated heterocycles. The van der Waals surface area contributed by atoms with E-state index in [9.17, 15) is 29.4 Å². The zero-order chi connectivity index (χ0) is 49.1. The fraction of sp³-hybridized carbons (Fsp3) is 0.214. The molecule has 8 aromatic rings. The third-order valence-electron chi connectivity index (χ3n) is 14.8. The Labute approximate surface area is 420 Å². The lowest BCUT2D eigenvalue weighted by Crippen LogP contribution is -2.66. The van der Waals surface area contributed by atoms with Crippen molar-refractivity contribution in [2.75, 3.05) is 49.5 Å². The first-order valence-corrected chi connectivity index (χ1v) is 25.6.